The number of ketones is 1. The van der Waals surface area contributed by atoms with Crippen molar-refractivity contribution in [2.24, 2.45) is 46.3 Å². The molecule has 0 spiro atoms. The molecule has 0 unspecified atom stereocenters. The van der Waals surface area contributed by atoms with Crippen LogP contribution in [0.4, 0.5) is 0 Å². The lowest BCUT2D eigenvalue weighted by molar-refractivity contribution is -0.124. The Kier molecular flexibility index (Phi) is 5.84. The number of fused-ring (bicyclic) bond motifs is 4. The van der Waals surface area contributed by atoms with Gasteiger partial charge < -0.3 is 0 Å². The van der Waals surface area contributed by atoms with Gasteiger partial charge in [-0.1, -0.05) is 65.5 Å². The number of carbonyl (C=O) groups is 1. The Balaban J connectivity index is 1.53. The van der Waals surface area contributed by atoms with Gasteiger partial charge >= 0.3 is 0 Å². The van der Waals surface area contributed by atoms with Crippen molar-refractivity contribution in [3.05, 3.63) is 11.1 Å². The molecule has 164 valence electrons. The molecular formula is C28H46O. The third-order valence-corrected chi connectivity index (χ3v) is 10.8. The third kappa shape index (κ3) is 3.57. The van der Waals surface area contributed by atoms with Gasteiger partial charge in [-0.05, 0) is 91.3 Å². The summed E-state index contributed by atoms with van der Waals surface area (Å²) in [6.07, 6.45) is 13.8. The van der Waals surface area contributed by atoms with E-state index in [1.165, 1.54) is 51.4 Å². The minimum absolute atomic E-state index is 0.346. The second-order valence-electron chi connectivity index (χ2n) is 12.4. The van der Waals surface area contributed by atoms with Crippen molar-refractivity contribution in [3.63, 3.8) is 0 Å². The lowest BCUT2D eigenvalue weighted by Crippen LogP contribution is -2.45. The SMILES string of the molecule is CC(C)[C@@H](C)CC[C@@H](C)[C@@H]1CC[C@@H]2C3=C(CC[C@@]21C)[C@]1(C)CCC(=O)C[C@@H]1CC3. The first-order valence-electron chi connectivity index (χ1n) is 12.9. The maximum Gasteiger partial charge on any atom is 0.133 e. The minimum atomic E-state index is 0.346. The Morgan fingerprint density at radius 1 is 0.931 bits per heavy atom. The lowest BCUT2D eigenvalue weighted by Gasteiger charge is -2.54. The first kappa shape index (κ1) is 21.6. The first-order chi connectivity index (χ1) is 13.7. The van der Waals surface area contributed by atoms with E-state index in [9.17, 15) is 4.79 Å². The van der Waals surface area contributed by atoms with Crippen LogP contribution in [-0.4, -0.2) is 5.78 Å². The monoisotopic (exact) mass is 398 g/mol. The molecule has 0 heterocycles. The summed E-state index contributed by atoms with van der Waals surface area (Å²) >= 11 is 0. The fourth-order valence-corrected chi connectivity index (χ4v) is 8.29. The molecule has 4 rings (SSSR count). The molecule has 29 heavy (non-hydrogen) atoms. The van der Waals surface area contributed by atoms with Crippen LogP contribution in [0.3, 0.4) is 0 Å². The molecule has 0 N–H and O–H groups in total. The molecule has 0 aromatic heterocycles. The van der Waals surface area contributed by atoms with Gasteiger partial charge in [0.25, 0.3) is 0 Å². The van der Waals surface area contributed by atoms with Crippen LogP contribution in [0.15, 0.2) is 11.1 Å². The zero-order chi connectivity index (χ0) is 21.0. The normalized spacial score (nSPS) is 41.8. The minimum Gasteiger partial charge on any atom is -0.300 e. The van der Waals surface area contributed by atoms with E-state index < -0.39 is 0 Å². The summed E-state index contributed by atoms with van der Waals surface area (Å²) < 4.78 is 0. The number of hydrogen-bond donors (Lipinski definition) is 0. The van der Waals surface area contributed by atoms with Crippen molar-refractivity contribution in [3.8, 4) is 0 Å². The van der Waals surface area contributed by atoms with Crippen molar-refractivity contribution < 1.29 is 4.79 Å². The van der Waals surface area contributed by atoms with E-state index in [4.69, 9.17) is 0 Å². The van der Waals surface area contributed by atoms with E-state index in [0.717, 1.165) is 48.9 Å². The van der Waals surface area contributed by atoms with Crippen molar-refractivity contribution in [1.29, 1.82) is 0 Å². The first-order valence-corrected chi connectivity index (χ1v) is 12.9. The summed E-state index contributed by atoms with van der Waals surface area (Å²) in [6, 6.07) is 0. The number of hydrogen-bond acceptors (Lipinski definition) is 1. The van der Waals surface area contributed by atoms with E-state index in [2.05, 4.69) is 41.5 Å². The zero-order valence-corrected chi connectivity index (χ0v) is 20.2. The average molecular weight is 399 g/mol. The predicted octanol–water partition coefficient (Wildman–Crippen LogP) is 7.99. The van der Waals surface area contributed by atoms with Crippen LogP contribution in [0, 0.1) is 46.3 Å². The molecule has 0 radical (unpaired) electrons. The van der Waals surface area contributed by atoms with Gasteiger partial charge in [0.15, 0.2) is 0 Å². The second kappa shape index (κ2) is 7.83. The van der Waals surface area contributed by atoms with E-state index >= 15 is 0 Å². The fourth-order valence-electron chi connectivity index (χ4n) is 8.29. The standard InChI is InChI=1S/C28H46O/c1-18(2)19(3)7-8-20(4)24-11-12-25-23-10-9-21-17-22(29)13-15-27(21,5)26(23)14-16-28(24,25)6/h18-21,24-25H,7-17H2,1-6H3/t19-,20+,21-,24-,25+,27+,28+/m0/s1. The molecule has 1 nitrogen and oxygen atoms in total. The predicted molar refractivity (Wildman–Crippen MR) is 123 cm³/mol. The van der Waals surface area contributed by atoms with Crippen LogP contribution in [-0.2, 0) is 4.79 Å². The highest BCUT2D eigenvalue weighted by Crippen LogP contribution is 2.65. The fraction of sp³-hybridized carbons (Fsp3) is 0.893. The van der Waals surface area contributed by atoms with Crippen molar-refractivity contribution in [2.45, 2.75) is 112 Å². The highest BCUT2D eigenvalue weighted by Gasteiger charge is 2.55. The molecule has 0 bridgehead atoms. The number of allylic oxidation sites excluding steroid dienone is 2. The van der Waals surface area contributed by atoms with Gasteiger partial charge in [0, 0.05) is 12.8 Å². The van der Waals surface area contributed by atoms with Gasteiger partial charge in [0.05, 0.1) is 0 Å². The summed E-state index contributed by atoms with van der Waals surface area (Å²) in [5, 5.41) is 0. The molecule has 0 aliphatic heterocycles. The van der Waals surface area contributed by atoms with Gasteiger partial charge in [-0.2, -0.15) is 0 Å². The lowest BCUT2D eigenvalue weighted by atomic mass is 9.50. The summed E-state index contributed by atoms with van der Waals surface area (Å²) in [5.41, 5.74) is 4.61. The van der Waals surface area contributed by atoms with Gasteiger partial charge in [-0.25, -0.2) is 0 Å². The van der Waals surface area contributed by atoms with Crippen LogP contribution in [0.2, 0.25) is 0 Å². The Hall–Kier alpha value is -0.590. The van der Waals surface area contributed by atoms with Crippen molar-refractivity contribution >= 4 is 5.78 Å². The summed E-state index contributed by atoms with van der Waals surface area (Å²) in [4.78, 5) is 12.1. The summed E-state index contributed by atoms with van der Waals surface area (Å²) in [7, 11) is 0. The van der Waals surface area contributed by atoms with Crippen LogP contribution in [0.5, 0.6) is 0 Å². The quantitative estimate of drug-likeness (QED) is 0.429. The number of Topliss-reactive ketones (excluding diaryl/α,β-unsaturated/α-hetero) is 1. The molecule has 4 aliphatic rings. The smallest absolute Gasteiger partial charge is 0.133 e. The Labute approximate surface area is 180 Å². The van der Waals surface area contributed by atoms with Crippen LogP contribution in [0.25, 0.3) is 0 Å². The summed E-state index contributed by atoms with van der Waals surface area (Å²) in [5.74, 6) is 5.47. The Morgan fingerprint density at radius 3 is 2.41 bits per heavy atom. The highest BCUT2D eigenvalue weighted by atomic mass is 16.1. The molecule has 1 heteroatoms. The average Bonchev–Trinajstić information content (AvgIpc) is 3.03. The molecule has 2 saturated carbocycles. The van der Waals surface area contributed by atoms with Crippen LogP contribution < -0.4 is 0 Å². The van der Waals surface area contributed by atoms with Gasteiger partial charge in [0.1, 0.15) is 5.78 Å². The Bertz CT molecular complexity index is 672. The van der Waals surface area contributed by atoms with E-state index in [1.807, 2.05) is 11.1 Å². The van der Waals surface area contributed by atoms with Crippen molar-refractivity contribution in [2.75, 3.05) is 0 Å². The van der Waals surface area contributed by atoms with Gasteiger partial charge in [-0.3, -0.25) is 4.79 Å². The molecule has 0 aromatic rings. The van der Waals surface area contributed by atoms with Gasteiger partial charge in [-0.15, -0.1) is 0 Å². The third-order valence-electron chi connectivity index (χ3n) is 10.8. The molecular weight excluding hydrogens is 352 g/mol. The van der Waals surface area contributed by atoms with E-state index in [1.54, 1.807) is 0 Å². The maximum absolute atomic E-state index is 12.1. The number of rotatable bonds is 5. The topological polar surface area (TPSA) is 17.1 Å². The molecule has 2 fully saturated rings. The van der Waals surface area contributed by atoms with E-state index in [-0.39, 0.29) is 0 Å². The molecule has 0 saturated heterocycles. The maximum atomic E-state index is 12.1. The zero-order valence-electron chi connectivity index (χ0n) is 20.2. The number of carbonyl (C=O) groups excluding carboxylic acids is 1. The highest BCUT2D eigenvalue weighted by molar-refractivity contribution is 5.80. The second-order valence-corrected chi connectivity index (χ2v) is 12.4. The molecule has 0 aromatic carbocycles. The van der Waals surface area contributed by atoms with E-state index in [0.29, 0.717) is 22.5 Å². The Morgan fingerprint density at radius 2 is 1.69 bits per heavy atom. The van der Waals surface area contributed by atoms with Gasteiger partial charge in [0.2, 0.25) is 0 Å². The largest absolute Gasteiger partial charge is 0.300 e. The molecule has 0 amide bonds. The summed E-state index contributed by atoms with van der Waals surface area (Å²) in [6.45, 7) is 15.0. The van der Waals surface area contributed by atoms with Crippen molar-refractivity contribution in [1.82, 2.24) is 0 Å². The van der Waals surface area contributed by atoms with Crippen LogP contribution in [0.1, 0.15) is 112 Å². The molecule has 4 aliphatic carbocycles. The van der Waals surface area contributed by atoms with Crippen LogP contribution >= 0.6 is 0 Å². The molecule has 7 atom stereocenters.